The molecule has 0 aliphatic carbocycles. The van der Waals surface area contributed by atoms with Crippen molar-refractivity contribution in [2.24, 2.45) is 0 Å². The summed E-state index contributed by atoms with van der Waals surface area (Å²) in [6, 6.07) is 0.906. The number of aromatic amines is 1. The van der Waals surface area contributed by atoms with Gasteiger partial charge in [0.1, 0.15) is 0 Å². The summed E-state index contributed by atoms with van der Waals surface area (Å²) >= 11 is 0. The Morgan fingerprint density at radius 1 is 1.44 bits per heavy atom. The van der Waals surface area contributed by atoms with Crippen molar-refractivity contribution in [1.29, 1.82) is 0 Å². The molecule has 1 aromatic heterocycles. The molecule has 0 spiro atoms. The first kappa shape index (κ1) is 14.6. The summed E-state index contributed by atoms with van der Waals surface area (Å²) in [5.41, 5.74) is -1.00. The van der Waals surface area contributed by atoms with Crippen molar-refractivity contribution in [2.75, 3.05) is 20.3 Å². The van der Waals surface area contributed by atoms with Gasteiger partial charge in [0, 0.05) is 32.0 Å². The highest BCUT2D eigenvalue weighted by Crippen LogP contribution is 2.16. The lowest BCUT2D eigenvalue weighted by atomic mass is 10.1. The summed E-state index contributed by atoms with van der Waals surface area (Å²) < 4.78 is 6.38. The predicted octanol–water partition coefficient (Wildman–Crippen LogP) is -1.14. The molecule has 102 valence electrons. The zero-order valence-electron chi connectivity index (χ0n) is 10.2. The Labute approximate surface area is 104 Å². The number of H-pyrrole nitrogens is 1. The van der Waals surface area contributed by atoms with Crippen LogP contribution in [0.25, 0.3) is 0 Å². The monoisotopic (exact) mass is 258 g/mol. The van der Waals surface area contributed by atoms with Crippen LogP contribution in [0.2, 0.25) is 0 Å². The number of aliphatic hydroxyl groups excluding tert-OH is 2. The van der Waals surface area contributed by atoms with Gasteiger partial charge in [0.25, 0.3) is 5.56 Å². The smallest absolute Gasteiger partial charge is 0.328 e. The zero-order chi connectivity index (χ0) is 13.5. The van der Waals surface area contributed by atoms with E-state index in [0.717, 1.165) is 0 Å². The van der Waals surface area contributed by atoms with Gasteiger partial charge in [-0.05, 0) is 12.8 Å². The Bertz CT molecular complexity index is 463. The number of methoxy groups -OCH3 is 1. The van der Waals surface area contributed by atoms with E-state index in [0.29, 0.717) is 12.8 Å². The van der Waals surface area contributed by atoms with E-state index in [-0.39, 0.29) is 19.3 Å². The average Bonchev–Trinajstić information content (AvgIpc) is 2.35. The Morgan fingerprint density at radius 3 is 2.67 bits per heavy atom. The first-order chi connectivity index (χ1) is 8.62. The number of hydrogen-bond acceptors (Lipinski definition) is 5. The van der Waals surface area contributed by atoms with E-state index in [1.807, 2.05) is 0 Å². The minimum atomic E-state index is -0.534. The topological polar surface area (TPSA) is 105 Å². The third kappa shape index (κ3) is 3.80. The van der Waals surface area contributed by atoms with Crippen LogP contribution in [0.15, 0.2) is 21.9 Å². The minimum Gasteiger partial charge on any atom is -0.396 e. The summed E-state index contributed by atoms with van der Waals surface area (Å²) in [6.45, 7) is -0.269. The molecule has 0 aromatic carbocycles. The van der Waals surface area contributed by atoms with Crippen LogP contribution >= 0.6 is 0 Å². The SMILES string of the molecule is COC(CO)CC(CCO)n1ccc(=O)[nH]c1=O. The van der Waals surface area contributed by atoms with E-state index < -0.39 is 17.4 Å². The largest absolute Gasteiger partial charge is 0.396 e. The molecule has 0 saturated heterocycles. The molecule has 0 bridgehead atoms. The zero-order valence-corrected chi connectivity index (χ0v) is 10.2. The molecule has 1 heterocycles. The van der Waals surface area contributed by atoms with E-state index in [1.165, 1.54) is 23.9 Å². The predicted molar refractivity (Wildman–Crippen MR) is 64.6 cm³/mol. The summed E-state index contributed by atoms with van der Waals surface area (Å²) in [4.78, 5) is 24.8. The van der Waals surface area contributed by atoms with E-state index in [4.69, 9.17) is 14.9 Å². The van der Waals surface area contributed by atoms with Crippen molar-refractivity contribution in [3.63, 3.8) is 0 Å². The van der Waals surface area contributed by atoms with Gasteiger partial charge in [-0.1, -0.05) is 0 Å². The highest BCUT2D eigenvalue weighted by molar-refractivity contribution is 4.86. The van der Waals surface area contributed by atoms with Gasteiger partial charge >= 0.3 is 5.69 Å². The number of nitrogens with zero attached hydrogens (tertiary/aromatic N) is 1. The minimum absolute atomic E-state index is 0.0991. The molecule has 3 N–H and O–H groups in total. The molecule has 0 saturated carbocycles. The van der Waals surface area contributed by atoms with Crippen LogP contribution < -0.4 is 11.2 Å². The van der Waals surface area contributed by atoms with Gasteiger partial charge in [-0.25, -0.2) is 4.79 Å². The molecule has 1 aromatic rings. The van der Waals surface area contributed by atoms with Gasteiger partial charge in [0.2, 0.25) is 0 Å². The van der Waals surface area contributed by atoms with Crippen LogP contribution in [0.5, 0.6) is 0 Å². The second-order valence-electron chi connectivity index (χ2n) is 3.96. The Kier molecular flexibility index (Phi) is 5.76. The fraction of sp³-hybridized carbons (Fsp3) is 0.636. The van der Waals surface area contributed by atoms with Crippen LogP contribution in [-0.2, 0) is 4.74 Å². The number of aliphatic hydroxyl groups is 2. The van der Waals surface area contributed by atoms with Crippen molar-refractivity contribution < 1.29 is 14.9 Å². The normalized spacial score (nSPS) is 14.4. The molecule has 0 radical (unpaired) electrons. The fourth-order valence-corrected chi connectivity index (χ4v) is 1.78. The molecular weight excluding hydrogens is 240 g/mol. The van der Waals surface area contributed by atoms with Gasteiger partial charge in [-0.15, -0.1) is 0 Å². The summed E-state index contributed by atoms with van der Waals surface area (Å²) in [5.74, 6) is 0. The first-order valence-electron chi connectivity index (χ1n) is 5.68. The number of rotatable bonds is 7. The number of nitrogens with one attached hydrogen (secondary N) is 1. The maximum absolute atomic E-state index is 11.6. The van der Waals surface area contributed by atoms with Gasteiger partial charge < -0.3 is 14.9 Å². The van der Waals surface area contributed by atoms with Gasteiger partial charge in [0.15, 0.2) is 0 Å². The highest BCUT2D eigenvalue weighted by Gasteiger charge is 2.18. The van der Waals surface area contributed by atoms with Crippen molar-refractivity contribution in [3.05, 3.63) is 33.1 Å². The summed E-state index contributed by atoms with van der Waals surface area (Å²) in [5, 5.41) is 18.1. The lowest BCUT2D eigenvalue weighted by Gasteiger charge is -2.22. The average molecular weight is 258 g/mol. The highest BCUT2D eigenvalue weighted by atomic mass is 16.5. The lowest BCUT2D eigenvalue weighted by molar-refractivity contribution is 0.0299. The number of hydrogen-bond donors (Lipinski definition) is 3. The van der Waals surface area contributed by atoms with Crippen molar-refractivity contribution in [1.82, 2.24) is 9.55 Å². The van der Waals surface area contributed by atoms with Crippen LogP contribution in [-0.4, -0.2) is 46.2 Å². The third-order valence-electron chi connectivity index (χ3n) is 2.78. The molecular formula is C11H18N2O5. The Morgan fingerprint density at radius 2 is 2.17 bits per heavy atom. The molecule has 0 fully saturated rings. The molecule has 2 unspecified atom stereocenters. The fourth-order valence-electron chi connectivity index (χ4n) is 1.78. The molecule has 0 amide bonds. The summed E-state index contributed by atoms with van der Waals surface area (Å²) in [6.07, 6.45) is 1.68. The second kappa shape index (κ2) is 7.10. The molecule has 2 atom stereocenters. The van der Waals surface area contributed by atoms with Crippen LogP contribution in [0.4, 0.5) is 0 Å². The Balaban J connectivity index is 2.96. The molecule has 7 nitrogen and oxygen atoms in total. The molecule has 7 heteroatoms. The van der Waals surface area contributed by atoms with E-state index >= 15 is 0 Å². The standard InChI is InChI=1S/C11H18N2O5/c1-18-9(7-15)6-8(3-5-14)13-4-2-10(16)12-11(13)17/h2,4,8-9,14-15H,3,5-7H2,1H3,(H,12,16,17). The number of aromatic nitrogens is 2. The Hall–Kier alpha value is -1.44. The van der Waals surface area contributed by atoms with E-state index in [1.54, 1.807) is 0 Å². The van der Waals surface area contributed by atoms with E-state index in [9.17, 15) is 9.59 Å². The van der Waals surface area contributed by atoms with E-state index in [2.05, 4.69) is 4.98 Å². The van der Waals surface area contributed by atoms with Gasteiger partial charge in [-0.2, -0.15) is 0 Å². The van der Waals surface area contributed by atoms with Crippen molar-refractivity contribution in [3.8, 4) is 0 Å². The maximum Gasteiger partial charge on any atom is 0.328 e. The first-order valence-corrected chi connectivity index (χ1v) is 5.68. The maximum atomic E-state index is 11.6. The molecule has 1 rings (SSSR count). The lowest BCUT2D eigenvalue weighted by Crippen LogP contribution is -2.34. The molecule has 0 aliphatic rings. The third-order valence-corrected chi connectivity index (χ3v) is 2.78. The molecule has 0 aliphatic heterocycles. The van der Waals surface area contributed by atoms with Crippen molar-refractivity contribution >= 4 is 0 Å². The van der Waals surface area contributed by atoms with Crippen LogP contribution in [0, 0.1) is 0 Å². The van der Waals surface area contributed by atoms with Gasteiger partial charge in [-0.3, -0.25) is 14.3 Å². The van der Waals surface area contributed by atoms with Crippen molar-refractivity contribution in [2.45, 2.75) is 25.0 Å². The second-order valence-corrected chi connectivity index (χ2v) is 3.96. The van der Waals surface area contributed by atoms with Crippen LogP contribution in [0.1, 0.15) is 18.9 Å². The quantitative estimate of drug-likeness (QED) is 0.573. The summed E-state index contributed by atoms with van der Waals surface area (Å²) in [7, 11) is 1.46. The van der Waals surface area contributed by atoms with Gasteiger partial charge in [0.05, 0.1) is 12.7 Å². The van der Waals surface area contributed by atoms with Crippen LogP contribution in [0.3, 0.4) is 0 Å². The number of ether oxygens (including phenoxy) is 1. The molecule has 18 heavy (non-hydrogen) atoms.